The second kappa shape index (κ2) is 5.85. The van der Waals surface area contributed by atoms with E-state index in [0.29, 0.717) is 30.1 Å². The van der Waals surface area contributed by atoms with E-state index in [2.05, 4.69) is 9.97 Å². The summed E-state index contributed by atoms with van der Waals surface area (Å²) in [5, 5.41) is 0. The Kier molecular flexibility index (Phi) is 4.16. The normalized spacial score (nSPS) is 10.9. The van der Waals surface area contributed by atoms with E-state index in [4.69, 9.17) is 4.74 Å². The van der Waals surface area contributed by atoms with Gasteiger partial charge in [-0.1, -0.05) is 0 Å². The molecule has 2 aromatic heterocycles. The van der Waals surface area contributed by atoms with Crippen LogP contribution >= 0.6 is 0 Å². The van der Waals surface area contributed by atoms with Crippen LogP contribution in [0, 0.1) is 0 Å². The third kappa shape index (κ3) is 2.87. The lowest BCUT2D eigenvalue weighted by molar-refractivity contribution is -0.117. The number of hydrogen-bond donors (Lipinski definition) is 0. The number of hydrogen-bond acceptors (Lipinski definition) is 5. The number of unbranched alkanes of at least 4 members (excludes halogenated alkanes) is 1. The van der Waals surface area contributed by atoms with Gasteiger partial charge in [-0.25, -0.2) is 9.78 Å². The van der Waals surface area contributed by atoms with Crippen LogP contribution in [0.4, 0.5) is 0 Å². The largest absolute Gasteiger partial charge is 0.476 e. The first-order valence-electron chi connectivity index (χ1n) is 6.51. The van der Waals surface area contributed by atoms with Gasteiger partial charge in [-0.15, -0.1) is 0 Å². The Morgan fingerprint density at radius 3 is 2.80 bits per heavy atom. The van der Waals surface area contributed by atoms with Crippen molar-refractivity contribution >= 4 is 16.9 Å². The van der Waals surface area contributed by atoms with E-state index >= 15 is 0 Å². The summed E-state index contributed by atoms with van der Waals surface area (Å²) < 4.78 is 8.74. The number of nitrogens with zero attached hydrogens (tertiary/aromatic N) is 4. The Hall–Kier alpha value is -2.18. The predicted octanol–water partition coefficient (Wildman–Crippen LogP) is 0.805. The lowest BCUT2D eigenvalue weighted by Crippen LogP contribution is -2.21. The summed E-state index contributed by atoms with van der Waals surface area (Å²) in [6.07, 6.45) is 3.69. The average molecular weight is 278 g/mol. The van der Waals surface area contributed by atoms with Gasteiger partial charge in [-0.05, 0) is 19.8 Å². The number of imidazole rings is 1. The molecule has 0 amide bonds. The zero-order valence-corrected chi connectivity index (χ0v) is 11.9. The van der Waals surface area contributed by atoms with Crippen LogP contribution in [0.5, 0.6) is 5.88 Å². The Bertz CT molecular complexity index is 687. The fourth-order valence-electron chi connectivity index (χ4n) is 1.96. The van der Waals surface area contributed by atoms with Gasteiger partial charge in [-0.3, -0.25) is 4.57 Å². The van der Waals surface area contributed by atoms with Crippen molar-refractivity contribution in [3.8, 4) is 5.88 Å². The number of aromatic nitrogens is 4. The Labute approximate surface area is 116 Å². The molecule has 7 nitrogen and oxygen atoms in total. The molecule has 0 aliphatic carbocycles. The van der Waals surface area contributed by atoms with Crippen molar-refractivity contribution in [1.82, 2.24) is 19.1 Å². The van der Waals surface area contributed by atoms with Crippen molar-refractivity contribution in [2.75, 3.05) is 6.61 Å². The van der Waals surface area contributed by atoms with Crippen LogP contribution in [-0.4, -0.2) is 31.5 Å². The van der Waals surface area contributed by atoms with E-state index in [1.807, 2.05) is 7.05 Å². The zero-order chi connectivity index (χ0) is 14.7. The van der Waals surface area contributed by atoms with Crippen molar-refractivity contribution < 1.29 is 9.53 Å². The average Bonchev–Trinajstić information content (AvgIpc) is 2.77. The molecule has 20 heavy (non-hydrogen) atoms. The van der Waals surface area contributed by atoms with Gasteiger partial charge in [0, 0.05) is 20.5 Å². The molecule has 0 saturated carbocycles. The highest BCUT2D eigenvalue weighted by atomic mass is 16.5. The van der Waals surface area contributed by atoms with Crippen LogP contribution in [0.3, 0.4) is 0 Å². The number of rotatable bonds is 6. The number of ketones is 1. The monoisotopic (exact) mass is 278 g/mol. The molecule has 7 heteroatoms. The number of carbonyl (C=O) groups is 1. The smallest absolute Gasteiger partial charge is 0.352 e. The molecule has 0 atom stereocenters. The summed E-state index contributed by atoms with van der Waals surface area (Å²) in [6.45, 7) is 2.00. The highest BCUT2D eigenvalue weighted by Crippen LogP contribution is 2.19. The Morgan fingerprint density at radius 2 is 2.10 bits per heavy atom. The molecule has 2 aromatic rings. The summed E-state index contributed by atoms with van der Waals surface area (Å²) in [6, 6.07) is 0. The van der Waals surface area contributed by atoms with Gasteiger partial charge in [0.05, 0.1) is 12.9 Å². The highest BCUT2D eigenvalue weighted by molar-refractivity contribution is 5.76. The second-order valence-electron chi connectivity index (χ2n) is 4.79. The molecule has 0 bridgehead atoms. The maximum Gasteiger partial charge on any atom is 0.352 e. The van der Waals surface area contributed by atoms with E-state index in [9.17, 15) is 9.59 Å². The summed E-state index contributed by atoms with van der Waals surface area (Å²) in [7, 11) is 3.45. The van der Waals surface area contributed by atoms with Gasteiger partial charge in [-0.2, -0.15) is 4.98 Å². The van der Waals surface area contributed by atoms with E-state index < -0.39 is 5.69 Å². The minimum Gasteiger partial charge on any atom is -0.476 e. The molecular formula is C13H18N4O3. The van der Waals surface area contributed by atoms with Crippen LogP contribution in [-0.2, 0) is 18.9 Å². The van der Waals surface area contributed by atoms with Gasteiger partial charge < -0.3 is 14.1 Å². The molecule has 0 N–H and O–H groups in total. The number of carbonyl (C=O) groups excluding carboxylic acids is 1. The summed E-state index contributed by atoms with van der Waals surface area (Å²) in [5.74, 6) is 0.469. The van der Waals surface area contributed by atoms with Crippen molar-refractivity contribution in [3.05, 3.63) is 16.8 Å². The maximum atomic E-state index is 11.7. The van der Waals surface area contributed by atoms with E-state index in [0.717, 1.165) is 12.8 Å². The SMILES string of the molecule is CC(=O)CCCCOc1nc(=O)n(C)c2ncn(C)c12. The minimum absolute atomic E-state index is 0.172. The molecule has 0 fully saturated rings. The van der Waals surface area contributed by atoms with Crippen molar-refractivity contribution in [2.24, 2.45) is 14.1 Å². The zero-order valence-electron chi connectivity index (χ0n) is 11.9. The number of aryl methyl sites for hydroxylation is 2. The van der Waals surface area contributed by atoms with Gasteiger partial charge in [0.1, 0.15) is 11.3 Å². The third-order valence-electron chi connectivity index (χ3n) is 3.08. The molecule has 0 aromatic carbocycles. The van der Waals surface area contributed by atoms with Crippen LogP contribution in [0.1, 0.15) is 26.2 Å². The van der Waals surface area contributed by atoms with Crippen LogP contribution in [0.2, 0.25) is 0 Å². The molecular weight excluding hydrogens is 260 g/mol. The van der Waals surface area contributed by atoms with Crippen molar-refractivity contribution in [3.63, 3.8) is 0 Å². The first kappa shape index (κ1) is 14.2. The van der Waals surface area contributed by atoms with E-state index in [1.54, 1.807) is 24.9 Å². The first-order valence-corrected chi connectivity index (χ1v) is 6.51. The molecule has 108 valence electrons. The number of Topliss-reactive ketones (excluding diaryl/α,β-unsaturated/α-hetero) is 1. The molecule has 0 spiro atoms. The summed E-state index contributed by atoms with van der Waals surface area (Å²) in [5.41, 5.74) is 0.847. The fraction of sp³-hybridized carbons (Fsp3) is 0.538. The Balaban J connectivity index is 2.14. The maximum absolute atomic E-state index is 11.7. The molecule has 0 unspecified atom stereocenters. The van der Waals surface area contributed by atoms with Crippen molar-refractivity contribution in [1.29, 1.82) is 0 Å². The number of fused-ring (bicyclic) bond motifs is 1. The molecule has 2 heterocycles. The lowest BCUT2D eigenvalue weighted by Gasteiger charge is -2.08. The second-order valence-corrected chi connectivity index (χ2v) is 4.79. The standard InChI is InChI=1S/C13H18N4O3/c1-9(18)6-4-5-7-20-12-10-11(14-8-16(10)2)17(3)13(19)15-12/h8H,4-7H2,1-3H3. The summed E-state index contributed by atoms with van der Waals surface area (Å²) >= 11 is 0. The van der Waals surface area contributed by atoms with Gasteiger partial charge in [0.15, 0.2) is 5.65 Å². The molecule has 0 aliphatic heterocycles. The summed E-state index contributed by atoms with van der Waals surface area (Å²) in [4.78, 5) is 30.6. The molecule has 2 rings (SSSR count). The van der Waals surface area contributed by atoms with Gasteiger partial charge in [0.25, 0.3) is 0 Å². The van der Waals surface area contributed by atoms with E-state index in [-0.39, 0.29) is 5.78 Å². The quantitative estimate of drug-likeness (QED) is 0.730. The fourth-order valence-corrected chi connectivity index (χ4v) is 1.96. The topological polar surface area (TPSA) is 79.0 Å². The third-order valence-corrected chi connectivity index (χ3v) is 3.08. The Morgan fingerprint density at radius 1 is 1.35 bits per heavy atom. The number of ether oxygens (including phenoxy) is 1. The predicted molar refractivity (Wildman–Crippen MR) is 73.8 cm³/mol. The minimum atomic E-state index is -0.394. The highest BCUT2D eigenvalue weighted by Gasteiger charge is 2.13. The van der Waals surface area contributed by atoms with Crippen LogP contribution in [0.25, 0.3) is 11.2 Å². The first-order chi connectivity index (χ1) is 9.50. The van der Waals surface area contributed by atoms with Gasteiger partial charge in [0.2, 0.25) is 5.88 Å². The van der Waals surface area contributed by atoms with Crippen LogP contribution < -0.4 is 10.4 Å². The molecule has 0 radical (unpaired) electrons. The van der Waals surface area contributed by atoms with Gasteiger partial charge >= 0.3 is 5.69 Å². The molecule has 0 saturated heterocycles. The van der Waals surface area contributed by atoms with E-state index in [1.165, 1.54) is 4.57 Å². The van der Waals surface area contributed by atoms with Crippen molar-refractivity contribution in [2.45, 2.75) is 26.2 Å². The van der Waals surface area contributed by atoms with Crippen LogP contribution in [0.15, 0.2) is 11.1 Å². The molecule has 0 aliphatic rings. The lowest BCUT2D eigenvalue weighted by atomic mass is 10.2.